The third-order valence-electron chi connectivity index (χ3n) is 1.70. The number of rotatable bonds is 1. The molecular formula is C9H13ClSi. The Kier molecular flexibility index (Phi) is 2.74. The summed E-state index contributed by atoms with van der Waals surface area (Å²) in [4.78, 5) is 0. The van der Waals surface area contributed by atoms with E-state index in [1.54, 1.807) is 0 Å². The van der Waals surface area contributed by atoms with Crippen LogP contribution in [-0.4, -0.2) is 8.11 Å². The molecule has 0 N–H and O–H groups in total. The van der Waals surface area contributed by atoms with Crippen molar-refractivity contribution in [2.45, 2.75) is 20.4 Å². The first-order chi connectivity index (χ1) is 5.09. The zero-order chi connectivity index (χ0) is 8.43. The van der Waals surface area contributed by atoms with E-state index >= 15 is 0 Å². The van der Waals surface area contributed by atoms with Crippen LogP contribution in [0.25, 0.3) is 0 Å². The SMILES string of the molecule is Cc1cc(C)cc([SiH](C)Cl)c1. The largest absolute Gasteiger partial charge is 0.168 e. The smallest absolute Gasteiger partial charge is 0.166 e. The van der Waals surface area contributed by atoms with E-state index < -0.39 is 8.11 Å². The topological polar surface area (TPSA) is 0 Å². The lowest BCUT2D eigenvalue weighted by molar-refractivity contribution is 1.40. The molecule has 1 unspecified atom stereocenters. The van der Waals surface area contributed by atoms with Crippen LogP contribution in [0.2, 0.25) is 6.55 Å². The molecule has 0 radical (unpaired) electrons. The molecule has 1 rings (SSSR count). The van der Waals surface area contributed by atoms with E-state index in [0.717, 1.165) is 0 Å². The molecule has 0 aromatic heterocycles. The van der Waals surface area contributed by atoms with Gasteiger partial charge in [-0.25, -0.2) is 0 Å². The second-order valence-corrected chi connectivity index (χ2v) is 6.90. The first-order valence-corrected chi connectivity index (χ1v) is 7.29. The Morgan fingerprint density at radius 1 is 1.09 bits per heavy atom. The summed E-state index contributed by atoms with van der Waals surface area (Å²) in [6.07, 6.45) is 0. The van der Waals surface area contributed by atoms with Crippen molar-refractivity contribution in [3.05, 3.63) is 29.3 Å². The van der Waals surface area contributed by atoms with Crippen molar-refractivity contribution in [1.82, 2.24) is 0 Å². The van der Waals surface area contributed by atoms with Crippen molar-refractivity contribution in [2.75, 3.05) is 0 Å². The second kappa shape index (κ2) is 3.42. The maximum absolute atomic E-state index is 6.09. The van der Waals surface area contributed by atoms with Crippen LogP contribution in [0.1, 0.15) is 11.1 Å². The number of hydrogen-bond donors (Lipinski definition) is 0. The normalized spacial score (nSPS) is 13.1. The van der Waals surface area contributed by atoms with Crippen LogP contribution in [-0.2, 0) is 0 Å². The lowest BCUT2D eigenvalue weighted by Crippen LogP contribution is -2.20. The number of halogens is 1. The van der Waals surface area contributed by atoms with Gasteiger partial charge >= 0.3 is 0 Å². The summed E-state index contributed by atoms with van der Waals surface area (Å²) in [5, 5.41) is 1.35. The highest BCUT2D eigenvalue weighted by molar-refractivity contribution is 7.13. The van der Waals surface area contributed by atoms with Gasteiger partial charge in [0, 0.05) is 0 Å². The lowest BCUT2D eigenvalue weighted by Gasteiger charge is -2.04. The first-order valence-electron chi connectivity index (χ1n) is 3.82. The van der Waals surface area contributed by atoms with E-state index in [4.69, 9.17) is 11.1 Å². The number of benzene rings is 1. The minimum Gasteiger partial charge on any atom is -0.166 e. The quantitative estimate of drug-likeness (QED) is 0.464. The van der Waals surface area contributed by atoms with Crippen molar-refractivity contribution in [3.8, 4) is 0 Å². The summed E-state index contributed by atoms with van der Waals surface area (Å²) in [7, 11) is -1.11. The van der Waals surface area contributed by atoms with E-state index in [-0.39, 0.29) is 0 Å². The van der Waals surface area contributed by atoms with E-state index in [0.29, 0.717) is 0 Å². The molecule has 1 atom stereocenters. The Bertz CT molecular complexity index is 235. The molecule has 0 aliphatic rings. The fourth-order valence-electron chi connectivity index (χ4n) is 1.24. The van der Waals surface area contributed by atoms with Crippen LogP contribution in [0.5, 0.6) is 0 Å². The molecule has 60 valence electrons. The first kappa shape index (κ1) is 8.82. The minimum atomic E-state index is -1.11. The van der Waals surface area contributed by atoms with E-state index in [1.807, 2.05) is 0 Å². The summed E-state index contributed by atoms with van der Waals surface area (Å²) >= 11 is 6.09. The van der Waals surface area contributed by atoms with E-state index in [9.17, 15) is 0 Å². The Hall–Kier alpha value is -0.273. The molecule has 0 nitrogen and oxygen atoms in total. The Labute approximate surface area is 74.5 Å². The summed E-state index contributed by atoms with van der Waals surface area (Å²) in [6.45, 7) is 6.37. The third-order valence-corrected chi connectivity index (χ3v) is 3.71. The Balaban J connectivity index is 3.08. The van der Waals surface area contributed by atoms with Gasteiger partial charge in [-0.1, -0.05) is 35.9 Å². The van der Waals surface area contributed by atoms with Gasteiger partial charge in [0.15, 0.2) is 8.11 Å². The summed E-state index contributed by atoms with van der Waals surface area (Å²) < 4.78 is 0. The van der Waals surface area contributed by atoms with Crippen LogP contribution in [0.3, 0.4) is 0 Å². The number of hydrogen-bond acceptors (Lipinski definition) is 0. The summed E-state index contributed by atoms with van der Waals surface area (Å²) in [5.74, 6) is 0. The Morgan fingerprint density at radius 3 is 1.91 bits per heavy atom. The molecule has 0 fully saturated rings. The second-order valence-electron chi connectivity index (χ2n) is 3.04. The molecule has 1 aromatic rings. The van der Waals surface area contributed by atoms with Gasteiger partial charge in [-0.2, -0.15) is 11.1 Å². The van der Waals surface area contributed by atoms with Gasteiger partial charge in [0.05, 0.1) is 0 Å². The van der Waals surface area contributed by atoms with Crippen molar-refractivity contribution in [2.24, 2.45) is 0 Å². The molecule has 0 spiro atoms. The molecule has 0 amide bonds. The van der Waals surface area contributed by atoms with Gasteiger partial charge in [-0.05, 0) is 19.0 Å². The molecule has 0 bridgehead atoms. The number of aryl methyl sites for hydroxylation is 2. The van der Waals surface area contributed by atoms with Crippen LogP contribution < -0.4 is 5.19 Å². The predicted molar refractivity (Wildman–Crippen MR) is 54.4 cm³/mol. The maximum atomic E-state index is 6.09. The highest BCUT2D eigenvalue weighted by Gasteiger charge is 2.03. The van der Waals surface area contributed by atoms with Gasteiger partial charge in [0.1, 0.15) is 0 Å². The fraction of sp³-hybridized carbons (Fsp3) is 0.333. The Morgan fingerprint density at radius 2 is 1.55 bits per heavy atom. The molecule has 0 aliphatic carbocycles. The standard InChI is InChI=1S/C9H13ClSi/c1-7-4-8(2)6-9(5-7)11(3)10/h4-6,11H,1-3H3. The molecule has 0 saturated carbocycles. The molecule has 0 heterocycles. The van der Waals surface area contributed by atoms with E-state index in [1.165, 1.54) is 16.3 Å². The lowest BCUT2D eigenvalue weighted by atomic mass is 10.2. The maximum Gasteiger partial charge on any atom is 0.168 e. The average molecular weight is 185 g/mol. The van der Waals surface area contributed by atoms with Crippen LogP contribution >= 0.6 is 11.1 Å². The molecule has 1 aromatic carbocycles. The van der Waals surface area contributed by atoms with Gasteiger partial charge in [0.25, 0.3) is 0 Å². The van der Waals surface area contributed by atoms with Gasteiger partial charge in [-0.3, -0.25) is 0 Å². The van der Waals surface area contributed by atoms with Crippen molar-refractivity contribution in [1.29, 1.82) is 0 Å². The third kappa shape index (κ3) is 2.35. The van der Waals surface area contributed by atoms with Crippen LogP contribution in [0, 0.1) is 13.8 Å². The predicted octanol–water partition coefficient (Wildman–Crippen LogP) is 2.10. The highest BCUT2D eigenvalue weighted by Crippen LogP contribution is 2.02. The summed E-state index contributed by atoms with van der Waals surface area (Å²) in [6, 6.07) is 6.56. The average Bonchev–Trinajstić information content (AvgIpc) is 1.85. The monoisotopic (exact) mass is 184 g/mol. The van der Waals surface area contributed by atoms with Gasteiger partial charge in [0.2, 0.25) is 0 Å². The van der Waals surface area contributed by atoms with Gasteiger partial charge in [-0.15, -0.1) is 0 Å². The highest BCUT2D eigenvalue weighted by atomic mass is 35.6. The molecule has 11 heavy (non-hydrogen) atoms. The molecule has 0 aliphatic heterocycles. The zero-order valence-corrected chi connectivity index (χ0v) is 9.10. The summed E-state index contributed by atoms with van der Waals surface area (Å²) in [5.41, 5.74) is 2.64. The van der Waals surface area contributed by atoms with Crippen LogP contribution in [0.4, 0.5) is 0 Å². The molecular weight excluding hydrogens is 172 g/mol. The van der Waals surface area contributed by atoms with Crippen LogP contribution in [0.15, 0.2) is 18.2 Å². The fourth-order valence-corrected chi connectivity index (χ4v) is 2.60. The van der Waals surface area contributed by atoms with E-state index in [2.05, 4.69) is 38.6 Å². The van der Waals surface area contributed by atoms with Crippen molar-refractivity contribution in [3.63, 3.8) is 0 Å². The van der Waals surface area contributed by atoms with Crippen molar-refractivity contribution < 1.29 is 0 Å². The minimum absolute atomic E-state index is 1.11. The van der Waals surface area contributed by atoms with Gasteiger partial charge < -0.3 is 0 Å². The van der Waals surface area contributed by atoms with Crippen molar-refractivity contribution >= 4 is 24.4 Å². The molecule has 2 heteroatoms. The molecule has 0 saturated heterocycles. The zero-order valence-electron chi connectivity index (χ0n) is 7.19.